The first-order valence-corrected chi connectivity index (χ1v) is 10.2. The molecule has 6 nitrogen and oxygen atoms in total. The molecule has 7 heteroatoms. The fraction of sp³-hybridized carbons (Fsp3) is 0.571. The highest BCUT2D eigenvalue weighted by Gasteiger charge is 2.32. The lowest BCUT2D eigenvalue weighted by Gasteiger charge is -2.30. The van der Waals surface area contributed by atoms with Gasteiger partial charge in [-0.1, -0.05) is 18.0 Å². The Morgan fingerprint density at radius 2 is 1.89 bits per heavy atom. The van der Waals surface area contributed by atoms with Gasteiger partial charge >= 0.3 is 0 Å². The molecule has 4 rings (SSSR count). The Kier molecular flexibility index (Phi) is 6.00. The summed E-state index contributed by atoms with van der Waals surface area (Å²) in [6.45, 7) is 2.22. The van der Waals surface area contributed by atoms with Gasteiger partial charge in [-0.15, -0.1) is 0 Å². The maximum Gasteiger partial charge on any atom is 0.258 e. The smallest absolute Gasteiger partial charge is 0.258 e. The molecule has 2 aliphatic rings. The molecule has 0 spiro atoms. The average Bonchev–Trinajstić information content (AvgIpc) is 3.06. The first-order valence-electron chi connectivity index (χ1n) is 10.2. The van der Waals surface area contributed by atoms with Gasteiger partial charge in [0, 0.05) is 31.7 Å². The zero-order valence-corrected chi connectivity index (χ0v) is 16.0. The summed E-state index contributed by atoms with van der Waals surface area (Å²) in [6.07, 6.45) is 6.41. The van der Waals surface area contributed by atoms with Gasteiger partial charge < -0.3 is 14.2 Å². The van der Waals surface area contributed by atoms with E-state index in [4.69, 9.17) is 9.26 Å². The Labute approximate surface area is 164 Å². The van der Waals surface area contributed by atoms with Crippen LogP contribution in [0.15, 0.2) is 28.8 Å². The summed E-state index contributed by atoms with van der Waals surface area (Å²) in [7, 11) is 0. The van der Waals surface area contributed by atoms with Crippen LogP contribution in [0.4, 0.5) is 4.39 Å². The summed E-state index contributed by atoms with van der Waals surface area (Å²) in [5.41, 5.74) is 0.675. The zero-order valence-electron chi connectivity index (χ0n) is 16.0. The monoisotopic (exact) mass is 387 g/mol. The van der Waals surface area contributed by atoms with Crippen LogP contribution in [-0.2, 0) is 9.53 Å². The molecular weight excluding hydrogens is 361 g/mol. The van der Waals surface area contributed by atoms with Crippen molar-refractivity contribution >= 4 is 5.91 Å². The molecule has 1 aromatic heterocycles. The van der Waals surface area contributed by atoms with Crippen LogP contribution in [0.5, 0.6) is 0 Å². The SMILES string of the molecule is O=C(CC1CCOCC1)N1CCCCCC1c1noc(-c2ccc(F)cc2)n1. The number of hydrogen-bond acceptors (Lipinski definition) is 5. The molecule has 0 aliphatic carbocycles. The van der Waals surface area contributed by atoms with Crippen LogP contribution < -0.4 is 0 Å². The maximum atomic E-state index is 13.2. The van der Waals surface area contributed by atoms with E-state index >= 15 is 0 Å². The molecule has 1 aromatic carbocycles. The molecule has 0 saturated carbocycles. The predicted octanol–water partition coefficient (Wildman–Crippen LogP) is 4.14. The number of carbonyl (C=O) groups is 1. The molecule has 0 bridgehead atoms. The van der Waals surface area contributed by atoms with E-state index in [2.05, 4.69) is 10.1 Å². The van der Waals surface area contributed by atoms with Crippen molar-refractivity contribution in [2.24, 2.45) is 5.92 Å². The van der Waals surface area contributed by atoms with Crippen LogP contribution in [0.1, 0.15) is 56.8 Å². The summed E-state index contributed by atoms with van der Waals surface area (Å²) < 4.78 is 24.0. The van der Waals surface area contributed by atoms with Crippen LogP contribution in [0.25, 0.3) is 11.5 Å². The van der Waals surface area contributed by atoms with Gasteiger partial charge in [-0.25, -0.2) is 4.39 Å². The molecular formula is C21H26FN3O3. The molecule has 3 heterocycles. The van der Waals surface area contributed by atoms with Gasteiger partial charge in [0.05, 0.1) is 6.04 Å². The number of carbonyl (C=O) groups excluding carboxylic acids is 1. The number of ether oxygens (including phenoxy) is 1. The average molecular weight is 387 g/mol. The van der Waals surface area contributed by atoms with Crippen molar-refractivity contribution in [1.82, 2.24) is 15.0 Å². The minimum Gasteiger partial charge on any atom is -0.381 e. The third kappa shape index (κ3) is 4.41. The second-order valence-electron chi connectivity index (χ2n) is 7.68. The quantitative estimate of drug-likeness (QED) is 0.789. The maximum absolute atomic E-state index is 13.2. The van der Waals surface area contributed by atoms with E-state index in [1.807, 2.05) is 4.90 Å². The molecule has 2 fully saturated rings. The van der Waals surface area contributed by atoms with E-state index in [1.165, 1.54) is 12.1 Å². The van der Waals surface area contributed by atoms with Crippen LogP contribution in [-0.4, -0.2) is 40.7 Å². The van der Waals surface area contributed by atoms with Crippen LogP contribution >= 0.6 is 0 Å². The molecule has 0 N–H and O–H groups in total. The first kappa shape index (κ1) is 19.1. The van der Waals surface area contributed by atoms with E-state index in [-0.39, 0.29) is 17.8 Å². The lowest BCUT2D eigenvalue weighted by molar-refractivity contribution is -0.135. The molecule has 2 aliphatic heterocycles. The van der Waals surface area contributed by atoms with Crippen molar-refractivity contribution in [2.75, 3.05) is 19.8 Å². The molecule has 150 valence electrons. The Bertz CT molecular complexity index is 786. The topological polar surface area (TPSA) is 68.5 Å². The van der Waals surface area contributed by atoms with E-state index < -0.39 is 0 Å². The highest BCUT2D eigenvalue weighted by Crippen LogP contribution is 2.32. The fourth-order valence-corrected chi connectivity index (χ4v) is 4.07. The van der Waals surface area contributed by atoms with Gasteiger partial charge in [0.25, 0.3) is 5.89 Å². The normalized spacial score (nSPS) is 21.5. The molecule has 1 atom stereocenters. The Hall–Kier alpha value is -2.28. The van der Waals surface area contributed by atoms with Crippen molar-refractivity contribution in [3.8, 4) is 11.5 Å². The minimum atomic E-state index is -0.308. The zero-order chi connectivity index (χ0) is 19.3. The van der Waals surface area contributed by atoms with Crippen molar-refractivity contribution < 1.29 is 18.4 Å². The van der Waals surface area contributed by atoms with Crippen molar-refractivity contribution in [2.45, 2.75) is 51.0 Å². The molecule has 1 unspecified atom stereocenters. The number of rotatable bonds is 4. The third-order valence-corrected chi connectivity index (χ3v) is 5.71. The standard InChI is InChI=1S/C21H26FN3O3/c22-17-7-5-16(6-8-17)21-23-20(24-28-21)18-4-2-1-3-11-25(18)19(26)14-15-9-12-27-13-10-15/h5-8,15,18H,1-4,9-14H2. The first-order chi connectivity index (χ1) is 13.7. The van der Waals surface area contributed by atoms with Crippen LogP contribution in [0.3, 0.4) is 0 Å². The van der Waals surface area contributed by atoms with Gasteiger partial charge in [-0.05, 0) is 55.9 Å². The molecule has 1 amide bonds. The number of aromatic nitrogens is 2. The van der Waals surface area contributed by atoms with Gasteiger partial charge in [0.2, 0.25) is 5.91 Å². The summed E-state index contributed by atoms with van der Waals surface area (Å²) in [5.74, 6) is 1.16. The summed E-state index contributed by atoms with van der Waals surface area (Å²) in [5, 5.41) is 4.17. The molecule has 0 radical (unpaired) electrons. The van der Waals surface area contributed by atoms with Crippen molar-refractivity contribution in [1.29, 1.82) is 0 Å². The Morgan fingerprint density at radius 1 is 1.11 bits per heavy atom. The Balaban J connectivity index is 1.51. The summed E-state index contributed by atoms with van der Waals surface area (Å²) >= 11 is 0. The molecule has 28 heavy (non-hydrogen) atoms. The van der Waals surface area contributed by atoms with Crippen LogP contribution in [0.2, 0.25) is 0 Å². The Morgan fingerprint density at radius 3 is 2.68 bits per heavy atom. The van der Waals surface area contributed by atoms with E-state index in [9.17, 15) is 9.18 Å². The second-order valence-corrected chi connectivity index (χ2v) is 7.68. The largest absolute Gasteiger partial charge is 0.381 e. The highest BCUT2D eigenvalue weighted by atomic mass is 19.1. The van der Waals surface area contributed by atoms with Gasteiger partial charge in [0.1, 0.15) is 5.82 Å². The van der Waals surface area contributed by atoms with Crippen LogP contribution in [0, 0.1) is 11.7 Å². The van der Waals surface area contributed by atoms with Crippen molar-refractivity contribution in [3.63, 3.8) is 0 Å². The number of nitrogens with zero attached hydrogens (tertiary/aromatic N) is 3. The fourth-order valence-electron chi connectivity index (χ4n) is 4.07. The third-order valence-electron chi connectivity index (χ3n) is 5.71. The minimum absolute atomic E-state index is 0.159. The lowest BCUT2D eigenvalue weighted by Crippen LogP contribution is -2.37. The number of likely N-dealkylation sites (tertiary alicyclic amines) is 1. The number of amides is 1. The summed E-state index contributed by atoms with van der Waals surface area (Å²) in [6, 6.07) is 5.82. The number of halogens is 1. The van der Waals surface area contributed by atoms with E-state index in [0.29, 0.717) is 29.6 Å². The van der Waals surface area contributed by atoms with E-state index in [0.717, 1.165) is 58.3 Å². The highest BCUT2D eigenvalue weighted by molar-refractivity contribution is 5.77. The summed E-state index contributed by atoms with van der Waals surface area (Å²) in [4.78, 5) is 19.6. The second kappa shape index (κ2) is 8.82. The number of benzene rings is 1. The van der Waals surface area contributed by atoms with Crippen molar-refractivity contribution in [3.05, 3.63) is 35.9 Å². The van der Waals surface area contributed by atoms with Gasteiger partial charge in [-0.3, -0.25) is 4.79 Å². The number of hydrogen-bond donors (Lipinski definition) is 0. The van der Waals surface area contributed by atoms with Gasteiger partial charge in [0.15, 0.2) is 5.82 Å². The van der Waals surface area contributed by atoms with E-state index in [1.54, 1.807) is 12.1 Å². The lowest BCUT2D eigenvalue weighted by atomic mass is 9.95. The molecule has 2 aromatic rings. The van der Waals surface area contributed by atoms with Gasteiger partial charge in [-0.2, -0.15) is 4.98 Å². The molecule has 2 saturated heterocycles. The predicted molar refractivity (Wildman–Crippen MR) is 101 cm³/mol.